The molecule has 0 bridgehead atoms. The van der Waals surface area contributed by atoms with E-state index in [1.165, 1.54) is 5.56 Å². The molecule has 0 amide bonds. The van der Waals surface area contributed by atoms with Crippen LogP contribution in [0.15, 0.2) is 22.7 Å². The molecule has 0 aliphatic carbocycles. The van der Waals surface area contributed by atoms with E-state index in [1.54, 1.807) is 0 Å². The minimum Gasteiger partial charge on any atom is -0.492 e. The van der Waals surface area contributed by atoms with Crippen LogP contribution in [0.1, 0.15) is 18.9 Å². The normalized spacial score (nSPS) is 12.8. The third-order valence-electron chi connectivity index (χ3n) is 2.83. The van der Waals surface area contributed by atoms with Crippen molar-refractivity contribution in [2.24, 2.45) is 5.73 Å². The first-order valence-electron chi connectivity index (χ1n) is 6.34. The largest absolute Gasteiger partial charge is 0.492 e. The van der Waals surface area contributed by atoms with Gasteiger partial charge in [0.1, 0.15) is 12.4 Å². The Morgan fingerprint density at radius 1 is 1.39 bits per heavy atom. The number of nitrogens with zero attached hydrogens (tertiary/aromatic N) is 1. The first kappa shape index (κ1) is 15.5. The van der Waals surface area contributed by atoms with E-state index in [4.69, 9.17) is 10.5 Å². The molecule has 0 fully saturated rings. The quantitative estimate of drug-likeness (QED) is 0.841. The number of hydrogen-bond acceptors (Lipinski definition) is 3. The van der Waals surface area contributed by atoms with Crippen molar-refractivity contribution in [3.63, 3.8) is 0 Å². The SMILES string of the molecule is CCC(N)Cc1cc(Br)ccc1OCCN(C)C. The summed E-state index contributed by atoms with van der Waals surface area (Å²) < 4.78 is 6.90. The number of halogens is 1. The van der Waals surface area contributed by atoms with Gasteiger partial charge in [-0.05, 0) is 50.7 Å². The Labute approximate surface area is 118 Å². The summed E-state index contributed by atoms with van der Waals surface area (Å²) in [5.41, 5.74) is 7.20. The summed E-state index contributed by atoms with van der Waals surface area (Å²) in [6.45, 7) is 3.72. The van der Waals surface area contributed by atoms with Crippen LogP contribution in [0.25, 0.3) is 0 Å². The molecule has 0 saturated carbocycles. The monoisotopic (exact) mass is 314 g/mol. The van der Waals surface area contributed by atoms with E-state index in [9.17, 15) is 0 Å². The third-order valence-corrected chi connectivity index (χ3v) is 3.32. The van der Waals surface area contributed by atoms with Gasteiger partial charge in [0.2, 0.25) is 0 Å². The molecule has 0 spiro atoms. The van der Waals surface area contributed by atoms with Crippen LogP contribution in [0, 0.1) is 0 Å². The lowest BCUT2D eigenvalue weighted by Gasteiger charge is -2.16. The van der Waals surface area contributed by atoms with Crippen LogP contribution in [0.5, 0.6) is 5.75 Å². The molecular formula is C14H23BrN2O. The van der Waals surface area contributed by atoms with Gasteiger partial charge < -0.3 is 15.4 Å². The van der Waals surface area contributed by atoms with Gasteiger partial charge in [-0.1, -0.05) is 22.9 Å². The van der Waals surface area contributed by atoms with Gasteiger partial charge in [0.25, 0.3) is 0 Å². The van der Waals surface area contributed by atoms with E-state index < -0.39 is 0 Å². The van der Waals surface area contributed by atoms with Crippen LogP contribution in [-0.4, -0.2) is 38.2 Å². The molecule has 1 rings (SSSR count). The van der Waals surface area contributed by atoms with Crippen LogP contribution >= 0.6 is 15.9 Å². The van der Waals surface area contributed by atoms with E-state index in [1.807, 2.05) is 26.2 Å². The first-order chi connectivity index (χ1) is 8.52. The van der Waals surface area contributed by atoms with Crippen molar-refractivity contribution < 1.29 is 4.74 Å². The molecule has 0 radical (unpaired) electrons. The second-order valence-electron chi connectivity index (χ2n) is 4.78. The van der Waals surface area contributed by atoms with Gasteiger partial charge in [0, 0.05) is 17.1 Å². The summed E-state index contributed by atoms with van der Waals surface area (Å²) in [5.74, 6) is 0.948. The van der Waals surface area contributed by atoms with Crippen LogP contribution in [0.3, 0.4) is 0 Å². The Balaban J connectivity index is 2.70. The van der Waals surface area contributed by atoms with Gasteiger partial charge in [-0.3, -0.25) is 0 Å². The zero-order chi connectivity index (χ0) is 13.5. The molecule has 1 unspecified atom stereocenters. The average Bonchev–Trinajstić information content (AvgIpc) is 2.31. The minimum atomic E-state index is 0.190. The van der Waals surface area contributed by atoms with Crippen molar-refractivity contribution in [1.29, 1.82) is 0 Å². The van der Waals surface area contributed by atoms with Crippen molar-refractivity contribution in [2.75, 3.05) is 27.2 Å². The standard InChI is InChI=1S/C14H23BrN2O/c1-4-13(16)10-11-9-12(15)5-6-14(11)18-8-7-17(2)3/h5-6,9,13H,4,7-8,10,16H2,1-3H3. The summed E-state index contributed by atoms with van der Waals surface area (Å²) in [7, 11) is 4.08. The average molecular weight is 315 g/mol. The van der Waals surface area contributed by atoms with Crippen molar-refractivity contribution in [2.45, 2.75) is 25.8 Å². The molecule has 0 aromatic heterocycles. The summed E-state index contributed by atoms with van der Waals surface area (Å²) >= 11 is 3.49. The van der Waals surface area contributed by atoms with Gasteiger partial charge in [0.15, 0.2) is 0 Å². The number of benzene rings is 1. The van der Waals surface area contributed by atoms with Crippen molar-refractivity contribution >= 4 is 15.9 Å². The Bertz CT molecular complexity index is 369. The number of hydrogen-bond donors (Lipinski definition) is 1. The number of rotatable bonds is 7. The molecule has 3 nitrogen and oxygen atoms in total. The zero-order valence-corrected chi connectivity index (χ0v) is 13.0. The van der Waals surface area contributed by atoms with E-state index in [0.717, 1.165) is 29.6 Å². The number of ether oxygens (including phenoxy) is 1. The molecular weight excluding hydrogens is 292 g/mol. The predicted molar refractivity (Wildman–Crippen MR) is 80.2 cm³/mol. The molecule has 0 aliphatic heterocycles. The smallest absolute Gasteiger partial charge is 0.122 e. The third kappa shape index (κ3) is 5.38. The molecule has 1 aromatic rings. The molecule has 18 heavy (non-hydrogen) atoms. The molecule has 0 aliphatic rings. The maximum Gasteiger partial charge on any atom is 0.122 e. The van der Waals surface area contributed by atoms with E-state index in [2.05, 4.69) is 33.8 Å². The Kier molecular flexibility index (Phi) is 6.68. The fourth-order valence-electron chi connectivity index (χ4n) is 1.61. The van der Waals surface area contributed by atoms with E-state index in [0.29, 0.717) is 6.61 Å². The Morgan fingerprint density at radius 3 is 2.72 bits per heavy atom. The van der Waals surface area contributed by atoms with Gasteiger partial charge in [0.05, 0.1) is 0 Å². The molecule has 2 N–H and O–H groups in total. The van der Waals surface area contributed by atoms with Crippen LogP contribution in [0.2, 0.25) is 0 Å². The van der Waals surface area contributed by atoms with E-state index >= 15 is 0 Å². The number of nitrogens with two attached hydrogens (primary N) is 1. The minimum absolute atomic E-state index is 0.190. The highest BCUT2D eigenvalue weighted by Crippen LogP contribution is 2.24. The lowest BCUT2D eigenvalue weighted by molar-refractivity contribution is 0.259. The Morgan fingerprint density at radius 2 is 2.11 bits per heavy atom. The molecule has 102 valence electrons. The highest BCUT2D eigenvalue weighted by atomic mass is 79.9. The summed E-state index contributed by atoms with van der Waals surface area (Å²) in [6, 6.07) is 6.31. The highest BCUT2D eigenvalue weighted by molar-refractivity contribution is 9.10. The van der Waals surface area contributed by atoms with Gasteiger partial charge in [-0.2, -0.15) is 0 Å². The van der Waals surface area contributed by atoms with Crippen molar-refractivity contribution in [3.8, 4) is 5.75 Å². The summed E-state index contributed by atoms with van der Waals surface area (Å²) in [6.07, 6.45) is 1.83. The molecule has 0 heterocycles. The fourth-order valence-corrected chi connectivity index (χ4v) is 2.02. The summed E-state index contributed by atoms with van der Waals surface area (Å²) in [5, 5.41) is 0. The zero-order valence-electron chi connectivity index (χ0n) is 11.4. The second-order valence-corrected chi connectivity index (χ2v) is 5.69. The first-order valence-corrected chi connectivity index (χ1v) is 7.13. The van der Waals surface area contributed by atoms with Crippen LogP contribution in [0.4, 0.5) is 0 Å². The van der Waals surface area contributed by atoms with Crippen LogP contribution in [-0.2, 0) is 6.42 Å². The predicted octanol–water partition coefficient (Wildman–Crippen LogP) is 2.67. The second kappa shape index (κ2) is 7.77. The summed E-state index contributed by atoms with van der Waals surface area (Å²) in [4.78, 5) is 2.11. The molecule has 0 saturated heterocycles. The van der Waals surface area contributed by atoms with Crippen LogP contribution < -0.4 is 10.5 Å². The Hall–Kier alpha value is -0.580. The van der Waals surface area contributed by atoms with Gasteiger partial charge >= 0.3 is 0 Å². The lowest BCUT2D eigenvalue weighted by atomic mass is 10.0. The molecule has 4 heteroatoms. The fraction of sp³-hybridized carbons (Fsp3) is 0.571. The van der Waals surface area contributed by atoms with Crippen molar-refractivity contribution in [1.82, 2.24) is 4.90 Å². The maximum absolute atomic E-state index is 6.02. The maximum atomic E-state index is 6.02. The van der Waals surface area contributed by atoms with Gasteiger partial charge in [-0.15, -0.1) is 0 Å². The molecule has 1 aromatic carbocycles. The topological polar surface area (TPSA) is 38.5 Å². The highest BCUT2D eigenvalue weighted by Gasteiger charge is 2.09. The molecule has 1 atom stereocenters. The van der Waals surface area contributed by atoms with Gasteiger partial charge in [-0.25, -0.2) is 0 Å². The van der Waals surface area contributed by atoms with E-state index in [-0.39, 0.29) is 6.04 Å². The lowest BCUT2D eigenvalue weighted by Crippen LogP contribution is -2.23. The number of likely N-dealkylation sites (N-methyl/N-ethyl adjacent to an activating group) is 1. The van der Waals surface area contributed by atoms with Crippen molar-refractivity contribution in [3.05, 3.63) is 28.2 Å².